The fourth-order valence-electron chi connectivity index (χ4n) is 2.85. The molecule has 0 saturated carbocycles. The number of ether oxygens (including phenoxy) is 2. The molecular weight excluding hydrogens is 254 g/mol. The zero-order valence-electron chi connectivity index (χ0n) is 12.9. The number of rotatable bonds is 8. The molecule has 1 saturated heterocycles. The van der Waals surface area contributed by atoms with Gasteiger partial charge in [-0.2, -0.15) is 5.10 Å². The lowest BCUT2D eigenvalue weighted by molar-refractivity contribution is 0.180. The first-order valence-corrected chi connectivity index (χ1v) is 7.70. The summed E-state index contributed by atoms with van der Waals surface area (Å²) in [6, 6.07) is 0.291. The molecule has 0 aliphatic carbocycles. The Bertz CT molecular complexity index is 378. The molecular formula is C15H27N3O2. The molecule has 2 heterocycles. The van der Waals surface area contributed by atoms with Gasteiger partial charge in [-0.25, -0.2) is 0 Å². The van der Waals surface area contributed by atoms with E-state index in [1.54, 1.807) is 7.11 Å². The zero-order valence-corrected chi connectivity index (χ0v) is 12.9. The van der Waals surface area contributed by atoms with E-state index in [0.29, 0.717) is 12.0 Å². The lowest BCUT2D eigenvalue weighted by Gasteiger charge is -2.23. The van der Waals surface area contributed by atoms with Gasteiger partial charge in [-0.1, -0.05) is 6.92 Å². The maximum Gasteiger partial charge on any atom is 0.161 e. The highest BCUT2D eigenvalue weighted by atomic mass is 16.5. The van der Waals surface area contributed by atoms with Gasteiger partial charge < -0.3 is 14.8 Å². The van der Waals surface area contributed by atoms with E-state index in [0.717, 1.165) is 51.3 Å². The summed E-state index contributed by atoms with van der Waals surface area (Å²) in [5, 5.41) is 8.08. The summed E-state index contributed by atoms with van der Waals surface area (Å²) in [5.41, 5.74) is 1.18. The Hall–Kier alpha value is -1.07. The normalized spacial score (nSPS) is 20.2. The highest BCUT2D eigenvalue weighted by Gasteiger charge is 2.26. The second-order valence-corrected chi connectivity index (χ2v) is 5.39. The Morgan fingerprint density at radius 3 is 3.00 bits per heavy atom. The van der Waals surface area contributed by atoms with E-state index in [9.17, 15) is 0 Å². The molecule has 1 aromatic rings. The second kappa shape index (κ2) is 7.64. The molecule has 2 unspecified atom stereocenters. The van der Waals surface area contributed by atoms with Crippen LogP contribution < -0.4 is 10.1 Å². The minimum absolute atomic E-state index is 0.291. The predicted molar refractivity (Wildman–Crippen MR) is 79.0 cm³/mol. The Kier molecular flexibility index (Phi) is 5.86. The number of aryl methyl sites for hydroxylation is 1. The van der Waals surface area contributed by atoms with Crippen LogP contribution in [-0.4, -0.2) is 36.6 Å². The first kappa shape index (κ1) is 15.3. The summed E-state index contributed by atoms with van der Waals surface area (Å²) in [7, 11) is 1.72. The topological polar surface area (TPSA) is 48.3 Å². The molecule has 1 aliphatic rings. The molecule has 2 rings (SSSR count). The van der Waals surface area contributed by atoms with Crippen LogP contribution in [0.4, 0.5) is 0 Å². The van der Waals surface area contributed by atoms with Crippen molar-refractivity contribution in [1.82, 2.24) is 15.1 Å². The molecule has 2 atom stereocenters. The fourth-order valence-corrected chi connectivity index (χ4v) is 2.85. The Morgan fingerprint density at radius 1 is 1.55 bits per heavy atom. The monoisotopic (exact) mass is 281 g/mol. The molecule has 5 heteroatoms. The quantitative estimate of drug-likeness (QED) is 0.795. The summed E-state index contributed by atoms with van der Waals surface area (Å²) in [4.78, 5) is 0. The van der Waals surface area contributed by atoms with E-state index >= 15 is 0 Å². The van der Waals surface area contributed by atoms with Crippen molar-refractivity contribution in [1.29, 1.82) is 0 Å². The molecule has 1 N–H and O–H groups in total. The lowest BCUT2D eigenvalue weighted by Crippen LogP contribution is -2.27. The van der Waals surface area contributed by atoms with Gasteiger partial charge in [0.1, 0.15) is 0 Å². The maximum atomic E-state index is 5.51. The molecule has 1 aliphatic heterocycles. The Morgan fingerprint density at radius 2 is 2.40 bits per heavy atom. The van der Waals surface area contributed by atoms with Gasteiger partial charge in [0.15, 0.2) is 5.75 Å². The van der Waals surface area contributed by atoms with Gasteiger partial charge in [0.05, 0.1) is 25.0 Å². The van der Waals surface area contributed by atoms with Crippen LogP contribution in [0, 0.1) is 5.92 Å². The summed E-state index contributed by atoms with van der Waals surface area (Å²) >= 11 is 0. The average Bonchev–Trinajstić information content (AvgIpc) is 3.11. The van der Waals surface area contributed by atoms with Crippen LogP contribution in [0.5, 0.6) is 5.75 Å². The fraction of sp³-hybridized carbons (Fsp3) is 0.800. The van der Waals surface area contributed by atoms with Crippen LogP contribution in [0.15, 0.2) is 6.20 Å². The van der Waals surface area contributed by atoms with E-state index in [1.807, 2.05) is 10.9 Å². The van der Waals surface area contributed by atoms with Gasteiger partial charge in [-0.3, -0.25) is 4.68 Å². The predicted octanol–water partition coefficient (Wildman–Crippen LogP) is 2.38. The zero-order chi connectivity index (χ0) is 14.4. The SMILES string of the molecule is CCCNC(CC1CCOC1)c1c(OC)cnn1CC. The number of aromatic nitrogens is 2. The van der Waals surface area contributed by atoms with Gasteiger partial charge in [-0.05, 0) is 38.6 Å². The minimum Gasteiger partial charge on any atom is -0.493 e. The molecule has 20 heavy (non-hydrogen) atoms. The third-order valence-corrected chi connectivity index (χ3v) is 3.93. The van der Waals surface area contributed by atoms with E-state index in [-0.39, 0.29) is 0 Å². The molecule has 114 valence electrons. The molecule has 0 aromatic carbocycles. The van der Waals surface area contributed by atoms with Crippen LogP contribution in [0.25, 0.3) is 0 Å². The van der Waals surface area contributed by atoms with Gasteiger partial charge in [0.25, 0.3) is 0 Å². The second-order valence-electron chi connectivity index (χ2n) is 5.39. The molecule has 0 spiro atoms. The lowest BCUT2D eigenvalue weighted by atomic mass is 9.96. The van der Waals surface area contributed by atoms with Crippen LogP contribution in [0.2, 0.25) is 0 Å². The molecule has 5 nitrogen and oxygen atoms in total. The summed E-state index contributed by atoms with van der Waals surface area (Å²) in [5.74, 6) is 1.52. The Balaban J connectivity index is 2.17. The molecule has 1 aromatic heterocycles. The summed E-state index contributed by atoms with van der Waals surface area (Å²) in [6.45, 7) is 7.96. The van der Waals surface area contributed by atoms with Crippen molar-refractivity contribution >= 4 is 0 Å². The van der Waals surface area contributed by atoms with Gasteiger partial charge >= 0.3 is 0 Å². The van der Waals surface area contributed by atoms with E-state index in [4.69, 9.17) is 9.47 Å². The van der Waals surface area contributed by atoms with Crippen molar-refractivity contribution < 1.29 is 9.47 Å². The average molecular weight is 281 g/mol. The maximum absolute atomic E-state index is 5.51. The Labute approximate surface area is 121 Å². The molecule has 1 fully saturated rings. The van der Waals surface area contributed by atoms with Gasteiger partial charge in [0.2, 0.25) is 0 Å². The first-order valence-electron chi connectivity index (χ1n) is 7.70. The first-order chi connectivity index (χ1) is 9.80. The van der Waals surface area contributed by atoms with E-state index < -0.39 is 0 Å². The van der Waals surface area contributed by atoms with Crippen LogP contribution in [0.3, 0.4) is 0 Å². The number of nitrogens with zero attached hydrogens (tertiary/aromatic N) is 2. The standard InChI is InChI=1S/C15H27N3O2/c1-4-7-16-13(9-12-6-8-20-11-12)15-14(19-3)10-17-18(15)5-2/h10,12-13,16H,4-9,11H2,1-3H3. The van der Waals surface area contributed by atoms with Crippen molar-refractivity contribution in [2.24, 2.45) is 5.92 Å². The van der Waals surface area contributed by atoms with Gasteiger partial charge in [0, 0.05) is 19.8 Å². The van der Waals surface area contributed by atoms with Crippen LogP contribution in [-0.2, 0) is 11.3 Å². The van der Waals surface area contributed by atoms with Crippen molar-refractivity contribution in [3.8, 4) is 5.75 Å². The molecule has 0 amide bonds. The van der Waals surface area contributed by atoms with E-state index in [1.165, 1.54) is 5.69 Å². The highest BCUT2D eigenvalue weighted by Crippen LogP contribution is 2.32. The molecule has 0 bridgehead atoms. The number of hydrogen-bond acceptors (Lipinski definition) is 4. The number of hydrogen-bond donors (Lipinski definition) is 1. The minimum atomic E-state index is 0.291. The summed E-state index contributed by atoms with van der Waals surface area (Å²) < 4.78 is 13.1. The van der Waals surface area contributed by atoms with Crippen molar-refractivity contribution in [3.05, 3.63) is 11.9 Å². The number of nitrogens with one attached hydrogen (secondary N) is 1. The highest BCUT2D eigenvalue weighted by molar-refractivity contribution is 5.28. The third kappa shape index (κ3) is 3.52. The van der Waals surface area contributed by atoms with Crippen molar-refractivity contribution in [2.75, 3.05) is 26.9 Å². The van der Waals surface area contributed by atoms with Gasteiger partial charge in [-0.15, -0.1) is 0 Å². The van der Waals surface area contributed by atoms with Crippen molar-refractivity contribution in [2.45, 2.75) is 45.7 Å². The smallest absolute Gasteiger partial charge is 0.161 e. The number of methoxy groups -OCH3 is 1. The molecule has 0 radical (unpaired) electrons. The van der Waals surface area contributed by atoms with Crippen LogP contribution >= 0.6 is 0 Å². The van der Waals surface area contributed by atoms with Crippen molar-refractivity contribution in [3.63, 3.8) is 0 Å². The largest absolute Gasteiger partial charge is 0.493 e. The third-order valence-electron chi connectivity index (χ3n) is 3.93. The van der Waals surface area contributed by atoms with Crippen LogP contribution in [0.1, 0.15) is 44.8 Å². The van der Waals surface area contributed by atoms with E-state index in [2.05, 4.69) is 24.3 Å². The summed E-state index contributed by atoms with van der Waals surface area (Å²) in [6.07, 6.45) is 5.19.